The first-order valence-corrected chi connectivity index (χ1v) is 8.36. The van der Waals surface area contributed by atoms with Gasteiger partial charge in [0.2, 0.25) is 0 Å². The molecule has 6 nitrogen and oxygen atoms in total. The lowest BCUT2D eigenvalue weighted by molar-refractivity contribution is 0.100. The molecule has 2 aromatic rings. The van der Waals surface area contributed by atoms with Crippen LogP contribution >= 0.6 is 0 Å². The average molecular weight is 339 g/mol. The summed E-state index contributed by atoms with van der Waals surface area (Å²) in [6, 6.07) is 10.3. The number of anilines is 2. The Balaban J connectivity index is 1.58. The van der Waals surface area contributed by atoms with Crippen LogP contribution in [0, 0.1) is 0 Å². The van der Waals surface area contributed by atoms with Gasteiger partial charge < -0.3 is 15.4 Å². The van der Waals surface area contributed by atoms with Crippen molar-refractivity contribution in [2.75, 3.05) is 23.8 Å². The van der Waals surface area contributed by atoms with E-state index in [2.05, 4.69) is 15.6 Å². The lowest BCUT2D eigenvalue weighted by Crippen LogP contribution is -2.19. The zero-order valence-electron chi connectivity index (χ0n) is 14.1. The Hall–Kier alpha value is -2.73. The van der Waals surface area contributed by atoms with Gasteiger partial charge in [0, 0.05) is 24.4 Å². The number of carbonyl (C=O) groups is 2. The van der Waals surface area contributed by atoms with Crippen LogP contribution in [0.5, 0.6) is 0 Å². The average Bonchev–Trinajstić information content (AvgIpc) is 3.14. The summed E-state index contributed by atoms with van der Waals surface area (Å²) in [6.45, 7) is 3.06. The number of hydrogen-bond acceptors (Lipinski definition) is 5. The summed E-state index contributed by atoms with van der Waals surface area (Å²) in [6.07, 6.45) is 4.06. The highest BCUT2D eigenvalue weighted by molar-refractivity contribution is 6.04. The van der Waals surface area contributed by atoms with E-state index in [0.29, 0.717) is 16.9 Å². The lowest BCUT2D eigenvalue weighted by Gasteiger charge is -2.12. The summed E-state index contributed by atoms with van der Waals surface area (Å²) in [5.74, 6) is -0.359. The second-order valence-corrected chi connectivity index (χ2v) is 6.04. The van der Waals surface area contributed by atoms with Gasteiger partial charge in [0.15, 0.2) is 5.78 Å². The molecule has 2 heterocycles. The zero-order chi connectivity index (χ0) is 17.6. The number of aromatic nitrogens is 1. The molecule has 3 rings (SSSR count). The minimum atomic E-state index is -0.314. The van der Waals surface area contributed by atoms with Crippen molar-refractivity contribution >= 4 is 23.1 Å². The Morgan fingerprint density at radius 3 is 2.80 bits per heavy atom. The van der Waals surface area contributed by atoms with Crippen molar-refractivity contribution in [3.63, 3.8) is 0 Å². The van der Waals surface area contributed by atoms with Gasteiger partial charge in [-0.05, 0) is 44.0 Å². The van der Waals surface area contributed by atoms with Crippen molar-refractivity contribution in [1.82, 2.24) is 4.98 Å². The molecule has 1 unspecified atom stereocenters. The number of carbonyl (C=O) groups excluding carboxylic acids is 2. The monoisotopic (exact) mass is 339 g/mol. The number of ether oxygens (including phenoxy) is 1. The third kappa shape index (κ3) is 4.64. The van der Waals surface area contributed by atoms with Crippen molar-refractivity contribution < 1.29 is 14.3 Å². The van der Waals surface area contributed by atoms with Crippen molar-refractivity contribution in [2.45, 2.75) is 25.9 Å². The predicted octanol–water partition coefficient (Wildman–Crippen LogP) is 3.13. The van der Waals surface area contributed by atoms with E-state index >= 15 is 0 Å². The third-order valence-electron chi connectivity index (χ3n) is 4.08. The molecule has 0 aliphatic carbocycles. The van der Waals surface area contributed by atoms with Gasteiger partial charge in [0.05, 0.1) is 18.0 Å². The van der Waals surface area contributed by atoms with E-state index in [1.54, 1.807) is 36.5 Å². The van der Waals surface area contributed by atoms with Crippen molar-refractivity contribution in [2.24, 2.45) is 0 Å². The summed E-state index contributed by atoms with van der Waals surface area (Å²) in [5, 5.41) is 6.02. The van der Waals surface area contributed by atoms with E-state index in [9.17, 15) is 9.59 Å². The highest BCUT2D eigenvalue weighted by Gasteiger charge is 2.15. The van der Waals surface area contributed by atoms with Crippen LogP contribution in [0.15, 0.2) is 42.6 Å². The molecule has 6 heteroatoms. The molecule has 1 saturated heterocycles. The summed E-state index contributed by atoms with van der Waals surface area (Å²) in [7, 11) is 0. The quantitative estimate of drug-likeness (QED) is 0.790. The fourth-order valence-corrected chi connectivity index (χ4v) is 2.68. The van der Waals surface area contributed by atoms with E-state index in [1.807, 2.05) is 6.07 Å². The molecule has 1 fully saturated rings. The smallest absolute Gasteiger partial charge is 0.274 e. The fraction of sp³-hybridized carbons (Fsp3) is 0.316. The summed E-state index contributed by atoms with van der Waals surface area (Å²) >= 11 is 0. The first-order chi connectivity index (χ1) is 12.1. The number of amides is 1. The number of ketones is 1. The SMILES string of the molecule is CC(=O)c1cccc(NC(=O)c2ccc(NCC3CCCO3)cn2)c1. The highest BCUT2D eigenvalue weighted by Crippen LogP contribution is 2.15. The molecule has 2 N–H and O–H groups in total. The second kappa shape index (κ2) is 7.90. The first-order valence-electron chi connectivity index (χ1n) is 8.36. The number of benzene rings is 1. The summed E-state index contributed by atoms with van der Waals surface area (Å²) < 4.78 is 5.56. The van der Waals surface area contributed by atoms with Gasteiger partial charge in [-0.3, -0.25) is 9.59 Å². The van der Waals surface area contributed by atoms with Crippen LogP contribution in [0.1, 0.15) is 40.6 Å². The van der Waals surface area contributed by atoms with Gasteiger partial charge in [-0.15, -0.1) is 0 Å². The van der Waals surface area contributed by atoms with Crippen LogP contribution in [0.4, 0.5) is 11.4 Å². The Morgan fingerprint density at radius 2 is 2.12 bits per heavy atom. The third-order valence-corrected chi connectivity index (χ3v) is 4.08. The second-order valence-electron chi connectivity index (χ2n) is 6.04. The van der Waals surface area contributed by atoms with E-state index in [4.69, 9.17) is 4.74 Å². The molecular weight excluding hydrogens is 318 g/mol. The molecule has 1 amide bonds. The Kier molecular flexibility index (Phi) is 5.40. The fourth-order valence-electron chi connectivity index (χ4n) is 2.68. The van der Waals surface area contributed by atoms with Crippen LogP contribution in [-0.2, 0) is 4.74 Å². The topological polar surface area (TPSA) is 80.3 Å². The Labute approximate surface area is 146 Å². The maximum atomic E-state index is 12.3. The summed E-state index contributed by atoms with van der Waals surface area (Å²) in [4.78, 5) is 27.9. The Morgan fingerprint density at radius 1 is 1.24 bits per heavy atom. The molecule has 0 saturated carbocycles. The normalized spacial score (nSPS) is 16.4. The largest absolute Gasteiger partial charge is 0.381 e. The van der Waals surface area contributed by atoms with Gasteiger partial charge in [-0.1, -0.05) is 12.1 Å². The standard InChI is InChI=1S/C19H21N3O3/c1-13(23)14-4-2-5-15(10-14)22-19(24)18-8-7-16(11-21-18)20-12-17-6-3-9-25-17/h2,4-5,7-8,10-11,17,20H,3,6,9,12H2,1H3,(H,22,24). The van der Waals surface area contributed by atoms with E-state index in [-0.39, 0.29) is 17.8 Å². The summed E-state index contributed by atoms with van der Waals surface area (Å²) in [5.41, 5.74) is 2.29. The molecule has 1 aromatic heterocycles. The van der Waals surface area contributed by atoms with Gasteiger partial charge in [-0.2, -0.15) is 0 Å². The van der Waals surface area contributed by atoms with Gasteiger partial charge >= 0.3 is 0 Å². The van der Waals surface area contributed by atoms with Crippen LogP contribution in [-0.4, -0.2) is 35.9 Å². The van der Waals surface area contributed by atoms with Crippen LogP contribution < -0.4 is 10.6 Å². The molecule has 1 aliphatic heterocycles. The molecule has 1 aliphatic rings. The van der Waals surface area contributed by atoms with Gasteiger partial charge in [0.25, 0.3) is 5.91 Å². The molecule has 1 aromatic carbocycles. The van der Waals surface area contributed by atoms with Crippen molar-refractivity contribution in [3.05, 3.63) is 53.9 Å². The highest BCUT2D eigenvalue weighted by atomic mass is 16.5. The van der Waals surface area contributed by atoms with Gasteiger partial charge in [-0.25, -0.2) is 4.98 Å². The van der Waals surface area contributed by atoms with Crippen LogP contribution in [0.2, 0.25) is 0 Å². The van der Waals surface area contributed by atoms with Crippen LogP contribution in [0.25, 0.3) is 0 Å². The number of nitrogens with zero attached hydrogens (tertiary/aromatic N) is 1. The zero-order valence-corrected chi connectivity index (χ0v) is 14.1. The van der Waals surface area contributed by atoms with Crippen molar-refractivity contribution in [3.8, 4) is 0 Å². The predicted molar refractivity (Wildman–Crippen MR) is 96.1 cm³/mol. The number of rotatable bonds is 6. The van der Waals surface area contributed by atoms with Crippen molar-refractivity contribution in [1.29, 1.82) is 0 Å². The Bertz CT molecular complexity index is 753. The number of hydrogen-bond donors (Lipinski definition) is 2. The first kappa shape index (κ1) is 17.1. The molecule has 0 bridgehead atoms. The van der Waals surface area contributed by atoms with Gasteiger partial charge in [0.1, 0.15) is 5.69 Å². The number of Topliss-reactive ketones (excluding diaryl/α,β-unsaturated/α-hetero) is 1. The maximum absolute atomic E-state index is 12.3. The molecule has 25 heavy (non-hydrogen) atoms. The number of pyridine rings is 1. The number of nitrogens with one attached hydrogen (secondary N) is 2. The van der Waals surface area contributed by atoms with Crippen LogP contribution in [0.3, 0.4) is 0 Å². The molecular formula is C19H21N3O3. The maximum Gasteiger partial charge on any atom is 0.274 e. The molecule has 0 radical (unpaired) electrons. The van der Waals surface area contributed by atoms with E-state index in [0.717, 1.165) is 31.7 Å². The van der Waals surface area contributed by atoms with E-state index < -0.39 is 0 Å². The lowest BCUT2D eigenvalue weighted by atomic mass is 10.1. The minimum Gasteiger partial charge on any atom is -0.381 e. The molecule has 1 atom stereocenters. The molecule has 130 valence electrons. The van der Waals surface area contributed by atoms with E-state index in [1.165, 1.54) is 6.92 Å². The molecule has 0 spiro atoms. The minimum absolute atomic E-state index is 0.0455.